The highest BCUT2D eigenvalue weighted by Gasteiger charge is 2.18. The van der Waals surface area contributed by atoms with Gasteiger partial charge in [0.2, 0.25) is 0 Å². The molecule has 2 aliphatic rings. The maximum atomic E-state index is 13.0. The summed E-state index contributed by atoms with van der Waals surface area (Å²) in [6.45, 7) is 5.77. The van der Waals surface area contributed by atoms with E-state index in [4.69, 9.17) is 9.47 Å². The van der Waals surface area contributed by atoms with E-state index in [9.17, 15) is 4.79 Å². The van der Waals surface area contributed by atoms with Gasteiger partial charge in [-0.2, -0.15) is 0 Å². The van der Waals surface area contributed by atoms with Crippen molar-refractivity contribution in [2.75, 3.05) is 38.7 Å². The molecular weight excluding hydrogens is 396 g/mol. The van der Waals surface area contributed by atoms with Crippen molar-refractivity contribution in [1.29, 1.82) is 0 Å². The van der Waals surface area contributed by atoms with E-state index in [2.05, 4.69) is 28.4 Å². The molecule has 0 aromatic heterocycles. The predicted molar refractivity (Wildman–Crippen MR) is 120 cm³/mol. The third kappa shape index (κ3) is 5.85. The van der Waals surface area contributed by atoms with Crippen LogP contribution in [0, 0.1) is 0 Å². The van der Waals surface area contributed by atoms with Crippen LogP contribution in [0.4, 0.5) is 0 Å². The van der Waals surface area contributed by atoms with Gasteiger partial charge in [-0.15, -0.1) is 11.8 Å². The summed E-state index contributed by atoms with van der Waals surface area (Å²) >= 11 is 1.72. The molecule has 4 rings (SSSR count). The topological polar surface area (TPSA) is 50.8 Å². The van der Waals surface area contributed by atoms with Crippen LogP contribution in [-0.2, 0) is 22.6 Å². The fourth-order valence-electron chi connectivity index (χ4n) is 3.89. The van der Waals surface area contributed by atoms with E-state index in [0.29, 0.717) is 12.6 Å². The van der Waals surface area contributed by atoms with E-state index in [-0.39, 0.29) is 5.91 Å². The second-order valence-corrected chi connectivity index (χ2v) is 8.84. The van der Waals surface area contributed by atoms with Gasteiger partial charge in [0.1, 0.15) is 0 Å². The highest BCUT2D eigenvalue weighted by molar-refractivity contribution is 7.99. The van der Waals surface area contributed by atoms with Crippen molar-refractivity contribution in [2.45, 2.75) is 36.9 Å². The van der Waals surface area contributed by atoms with Gasteiger partial charge in [0.15, 0.2) is 0 Å². The zero-order chi connectivity index (χ0) is 20.6. The van der Waals surface area contributed by atoms with Gasteiger partial charge < -0.3 is 14.8 Å². The van der Waals surface area contributed by atoms with Gasteiger partial charge in [0, 0.05) is 43.4 Å². The predicted octanol–water partition coefficient (Wildman–Crippen LogP) is 3.72. The van der Waals surface area contributed by atoms with Crippen LogP contribution in [0.1, 0.15) is 34.3 Å². The zero-order valence-corrected chi connectivity index (χ0v) is 18.2. The van der Waals surface area contributed by atoms with Crippen molar-refractivity contribution in [1.82, 2.24) is 10.2 Å². The van der Waals surface area contributed by atoms with E-state index in [1.54, 1.807) is 11.8 Å². The second kappa shape index (κ2) is 11.0. The first-order valence-electron chi connectivity index (χ1n) is 10.8. The Bertz CT molecular complexity index is 833. The highest BCUT2D eigenvalue weighted by Crippen LogP contribution is 2.27. The van der Waals surface area contributed by atoms with Gasteiger partial charge in [0.25, 0.3) is 5.91 Å². The average Bonchev–Trinajstić information content (AvgIpc) is 3.31. The van der Waals surface area contributed by atoms with Gasteiger partial charge in [-0.25, -0.2) is 0 Å². The molecule has 2 fully saturated rings. The molecule has 1 atom stereocenters. The number of amides is 1. The lowest BCUT2D eigenvalue weighted by atomic mass is 10.1. The largest absolute Gasteiger partial charge is 0.379 e. The fraction of sp³-hybridized carbons (Fsp3) is 0.458. The van der Waals surface area contributed by atoms with Crippen LogP contribution < -0.4 is 5.32 Å². The molecule has 0 radical (unpaired) electrons. The Kier molecular flexibility index (Phi) is 7.81. The first-order valence-corrected chi connectivity index (χ1v) is 11.8. The van der Waals surface area contributed by atoms with E-state index >= 15 is 0 Å². The van der Waals surface area contributed by atoms with Gasteiger partial charge in [0.05, 0.1) is 24.9 Å². The molecule has 0 spiro atoms. The van der Waals surface area contributed by atoms with E-state index in [1.165, 1.54) is 11.1 Å². The van der Waals surface area contributed by atoms with E-state index in [1.807, 2.05) is 30.3 Å². The molecule has 30 heavy (non-hydrogen) atoms. The van der Waals surface area contributed by atoms with Gasteiger partial charge >= 0.3 is 0 Å². The van der Waals surface area contributed by atoms with Crippen molar-refractivity contribution in [3.63, 3.8) is 0 Å². The van der Waals surface area contributed by atoms with Gasteiger partial charge in [-0.05, 0) is 36.1 Å². The average molecular weight is 427 g/mol. The Labute approximate surface area is 183 Å². The number of ether oxygens (including phenoxy) is 2. The van der Waals surface area contributed by atoms with Crippen molar-refractivity contribution < 1.29 is 14.3 Å². The summed E-state index contributed by atoms with van der Waals surface area (Å²) in [5.41, 5.74) is 3.17. The fourth-order valence-corrected chi connectivity index (χ4v) is 5.01. The minimum Gasteiger partial charge on any atom is -0.379 e. The first-order chi connectivity index (χ1) is 14.8. The Morgan fingerprint density at radius 3 is 2.60 bits per heavy atom. The lowest BCUT2D eigenvalue weighted by Gasteiger charge is -2.27. The van der Waals surface area contributed by atoms with Crippen molar-refractivity contribution in [3.8, 4) is 0 Å². The molecule has 2 aliphatic heterocycles. The summed E-state index contributed by atoms with van der Waals surface area (Å²) < 4.78 is 11.2. The molecule has 0 saturated carbocycles. The third-order valence-electron chi connectivity index (χ3n) is 5.64. The quantitative estimate of drug-likeness (QED) is 0.652. The smallest absolute Gasteiger partial charge is 0.252 e. The van der Waals surface area contributed by atoms with Crippen LogP contribution in [0.2, 0.25) is 0 Å². The van der Waals surface area contributed by atoms with Gasteiger partial charge in [-0.3, -0.25) is 9.69 Å². The maximum absolute atomic E-state index is 13.0. The summed E-state index contributed by atoms with van der Waals surface area (Å²) in [6.07, 6.45) is 2.55. The van der Waals surface area contributed by atoms with Crippen molar-refractivity contribution in [2.24, 2.45) is 0 Å². The minimum atomic E-state index is -0.0217. The summed E-state index contributed by atoms with van der Waals surface area (Å²) in [5.74, 6) is 0.874. The number of nitrogens with one attached hydrogen (secondary N) is 1. The SMILES string of the molecule is O=C(NCc1ccccc1CN1CCOCC1)c1ccccc1SCC1CCCO1. The van der Waals surface area contributed by atoms with Crippen molar-refractivity contribution >= 4 is 17.7 Å². The molecule has 2 aromatic rings. The molecule has 1 N–H and O–H groups in total. The van der Waals surface area contributed by atoms with Crippen molar-refractivity contribution in [3.05, 3.63) is 65.2 Å². The zero-order valence-electron chi connectivity index (χ0n) is 17.3. The summed E-state index contributed by atoms with van der Waals surface area (Å²) in [5, 5.41) is 3.13. The molecule has 5 nitrogen and oxygen atoms in total. The molecule has 0 aliphatic carbocycles. The number of carbonyl (C=O) groups excluding carboxylic acids is 1. The molecule has 6 heteroatoms. The van der Waals surface area contributed by atoms with E-state index < -0.39 is 0 Å². The second-order valence-electron chi connectivity index (χ2n) is 7.78. The van der Waals surface area contributed by atoms with Crippen LogP contribution in [0.25, 0.3) is 0 Å². The number of carbonyl (C=O) groups is 1. The maximum Gasteiger partial charge on any atom is 0.252 e. The number of hydrogen-bond donors (Lipinski definition) is 1. The van der Waals surface area contributed by atoms with Crippen LogP contribution in [0.5, 0.6) is 0 Å². The monoisotopic (exact) mass is 426 g/mol. The first kappa shape index (κ1) is 21.4. The normalized spacial score (nSPS) is 19.7. The van der Waals surface area contributed by atoms with Crippen LogP contribution >= 0.6 is 11.8 Å². The highest BCUT2D eigenvalue weighted by atomic mass is 32.2. The summed E-state index contributed by atoms with van der Waals surface area (Å²) in [6, 6.07) is 16.2. The minimum absolute atomic E-state index is 0.0217. The molecule has 2 saturated heterocycles. The molecule has 160 valence electrons. The number of nitrogens with zero attached hydrogens (tertiary/aromatic N) is 1. The molecule has 2 aromatic carbocycles. The van der Waals surface area contributed by atoms with Crippen LogP contribution in [-0.4, -0.2) is 55.6 Å². The standard InChI is InChI=1S/C24H30N2O3S/c27-24(22-9-3-4-10-23(22)30-18-21-8-5-13-29-21)25-16-19-6-1-2-7-20(19)17-26-11-14-28-15-12-26/h1-4,6-7,9-10,21H,5,8,11-18H2,(H,25,27). The Hall–Kier alpha value is -1.86. The molecule has 2 heterocycles. The number of rotatable bonds is 8. The van der Waals surface area contributed by atoms with Crippen LogP contribution in [0.15, 0.2) is 53.4 Å². The molecule has 0 bridgehead atoms. The third-order valence-corrected chi connectivity index (χ3v) is 6.84. The lowest BCUT2D eigenvalue weighted by molar-refractivity contribution is 0.0340. The molecule has 1 unspecified atom stereocenters. The Morgan fingerprint density at radius 1 is 1.03 bits per heavy atom. The summed E-state index contributed by atoms with van der Waals surface area (Å²) in [4.78, 5) is 16.4. The number of benzene rings is 2. The Morgan fingerprint density at radius 2 is 1.80 bits per heavy atom. The van der Waals surface area contributed by atoms with Gasteiger partial charge in [-0.1, -0.05) is 36.4 Å². The Balaban J connectivity index is 1.37. The number of thioether (sulfide) groups is 1. The lowest BCUT2D eigenvalue weighted by Crippen LogP contribution is -2.36. The van der Waals surface area contributed by atoms with E-state index in [0.717, 1.165) is 68.5 Å². The van der Waals surface area contributed by atoms with Crippen LogP contribution in [0.3, 0.4) is 0 Å². The number of morpholine rings is 1. The number of hydrogen-bond acceptors (Lipinski definition) is 5. The molecule has 1 amide bonds. The summed E-state index contributed by atoms with van der Waals surface area (Å²) in [7, 11) is 0. The molecular formula is C24H30N2O3S.